The molecule has 3 unspecified atom stereocenters. The van der Waals surface area contributed by atoms with Crippen LogP contribution in [0.15, 0.2) is 29.2 Å². The van der Waals surface area contributed by atoms with E-state index >= 15 is 0 Å². The molecular weight excluding hydrogens is 388 g/mol. The zero-order chi connectivity index (χ0) is 21.1. The Labute approximate surface area is 165 Å². The van der Waals surface area contributed by atoms with Gasteiger partial charge in [-0.2, -0.15) is 4.31 Å². The molecule has 0 aliphatic carbocycles. The third-order valence-corrected chi connectivity index (χ3v) is 6.63. The highest BCUT2D eigenvalue weighted by atomic mass is 32.2. The molecule has 2 rings (SSSR count). The van der Waals surface area contributed by atoms with Crippen molar-refractivity contribution in [1.82, 2.24) is 9.62 Å². The number of rotatable bonds is 7. The van der Waals surface area contributed by atoms with Crippen LogP contribution >= 0.6 is 0 Å². The highest BCUT2D eigenvalue weighted by Gasteiger charge is 2.55. The molecule has 1 aromatic carbocycles. The number of hydrogen-bond donors (Lipinski definition) is 4. The molecule has 28 heavy (non-hydrogen) atoms. The van der Waals surface area contributed by atoms with Crippen molar-refractivity contribution in [3.8, 4) is 0 Å². The van der Waals surface area contributed by atoms with Crippen LogP contribution in [-0.2, 0) is 19.6 Å². The molecule has 4 N–H and O–H groups in total. The first-order valence-electron chi connectivity index (χ1n) is 9.11. The van der Waals surface area contributed by atoms with Crippen LogP contribution in [-0.4, -0.2) is 78.2 Å². The molecule has 10 heteroatoms. The van der Waals surface area contributed by atoms with Gasteiger partial charge >= 0.3 is 0 Å². The number of aryl methyl sites for hydroxylation is 1. The lowest BCUT2D eigenvalue weighted by molar-refractivity contribution is -0.202. The van der Waals surface area contributed by atoms with E-state index in [0.29, 0.717) is 10.7 Å². The molecule has 1 aliphatic heterocycles. The average molecular weight is 416 g/mol. The summed E-state index contributed by atoms with van der Waals surface area (Å²) in [7, 11) is -3.18. The molecule has 5 atom stereocenters. The van der Waals surface area contributed by atoms with Crippen molar-refractivity contribution >= 4 is 15.9 Å². The number of ether oxygens (including phenoxy) is 1. The van der Waals surface area contributed by atoms with Crippen LogP contribution in [0.1, 0.15) is 25.3 Å². The fourth-order valence-corrected chi connectivity index (χ4v) is 4.87. The van der Waals surface area contributed by atoms with Crippen LogP contribution in [0, 0.1) is 6.92 Å². The first kappa shape index (κ1) is 22.7. The van der Waals surface area contributed by atoms with Crippen LogP contribution in [0.25, 0.3) is 0 Å². The summed E-state index contributed by atoms with van der Waals surface area (Å²) in [4.78, 5) is 12.6. The fourth-order valence-electron chi connectivity index (χ4n) is 3.14. The number of benzene rings is 1. The van der Waals surface area contributed by atoms with Gasteiger partial charge in [-0.25, -0.2) is 8.42 Å². The van der Waals surface area contributed by atoms with Gasteiger partial charge in [-0.15, -0.1) is 0 Å². The SMILES string of the molecule is CCCCNC(=O)C1[C@@H](O)C(O)C(O)[C@@H](OC)N1S(=O)(=O)c1ccc(C)cc1. The van der Waals surface area contributed by atoms with Gasteiger partial charge < -0.3 is 25.4 Å². The number of carbonyl (C=O) groups excluding carboxylic acids is 1. The minimum absolute atomic E-state index is 0.123. The molecule has 0 bridgehead atoms. The minimum Gasteiger partial charge on any atom is -0.388 e. The number of hydrogen-bond acceptors (Lipinski definition) is 7. The normalized spacial score (nSPS) is 28.9. The topological polar surface area (TPSA) is 136 Å². The number of carbonyl (C=O) groups is 1. The van der Waals surface area contributed by atoms with Gasteiger partial charge in [0.05, 0.1) is 4.90 Å². The largest absolute Gasteiger partial charge is 0.388 e. The number of piperidine rings is 1. The van der Waals surface area contributed by atoms with E-state index in [1.54, 1.807) is 19.1 Å². The summed E-state index contributed by atoms with van der Waals surface area (Å²) < 4.78 is 32.3. The summed E-state index contributed by atoms with van der Waals surface area (Å²) in [5, 5.41) is 33.4. The smallest absolute Gasteiger partial charge is 0.246 e. The highest BCUT2D eigenvalue weighted by Crippen LogP contribution is 2.31. The molecule has 158 valence electrons. The molecule has 1 aliphatic rings. The second-order valence-corrected chi connectivity index (χ2v) is 8.68. The van der Waals surface area contributed by atoms with Crippen molar-refractivity contribution in [1.29, 1.82) is 0 Å². The number of nitrogens with zero attached hydrogens (tertiary/aromatic N) is 1. The van der Waals surface area contributed by atoms with Gasteiger partial charge in [-0.05, 0) is 25.5 Å². The number of unbranched alkanes of at least 4 members (excludes halogenated alkanes) is 1. The summed E-state index contributed by atoms with van der Waals surface area (Å²) in [6.07, 6.45) is -5.40. The Kier molecular flexibility index (Phi) is 7.54. The van der Waals surface area contributed by atoms with Crippen LogP contribution < -0.4 is 5.32 Å². The average Bonchev–Trinajstić information content (AvgIpc) is 2.66. The molecule has 1 aromatic rings. The zero-order valence-corrected chi connectivity index (χ0v) is 17.0. The molecule has 1 saturated heterocycles. The van der Waals surface area contributed by atoms with Gasteiger partial charge in [-0.1, -0.05) is 31.0 Å². The first-order valence-corrected chi connectivity index (χ1v) is 10.6. The number of nitrogens with one attached hydrogen (secondary N) is 1. The molecule has 1 fully saturated rings. The number of amides is 1. The van der Waals surface area contributed by atoms with Gasteiger partial charge in [0.2, 0.25) is 15.9 Å². The van der Waals surface area contributed by atoms with Crippen molar-refractivity contribution < 1.29 is 33.3 Å². The monoisotopic (exact) mass is 416 g/mol. The molecule has 1 amide bonds. The van der Waals surface area contributed by atoms with E-state index in [0.717, 1.165) is 19.1 Å². The third kappa shape index (κ3) is 4.37. The minimum atomic E-state index is -4.34. The fraction of sp³-hybridized carbons (Fsp3) is 0.611. The maximum Gasteiger partial charge on any atom is 0.246 e. The molecule has 0 radical (unpaired) electrons. The molecule has 0 aromatic heterocycles. The molecule has 1 heterocycles. The van der Waals surface area contributed by atoms with Gasteiger partial charge in [-0.3, -0.25) is 4.79 Å². The van der Waals surface area contributed by atoms with Crippen molar-refractivity contribution in [2.45, 2.75) is 62.2 Å². The second-order valence-electron chi connectivity index (χ2n) is 6.84. The molecule has 9 nitrogen and oxygen atoms in total. The predicted octanol–water partition coefficient (Wildman–Crippen LogP) is -0.661. The van der Waals surface area contributed by atoms with E-state index in [4.69, 9.17) is 4.74 Å². The third-order valence-electron chi connectivity index (χ3n) is 4.78. The Balaban J connectivity index is 2.51. The number of methoxy groups -OCH3 is 1. The maximum atomic E-state index is 13.3. The number of aliphatic hydroxyl groups excluding tert-OH is 3. The maximum absolute atomic E-state index is 13.3. The molecule has 0 saturated carbocycles. The standard InChI is InChI=1S/C18H28N2O7S/c1-4-5-10-19-17(24)13-14(21)15(22)16(23)18(27-3)20(13)28(25,26)12-8-6-11(2)7-9-12/h6-9,13-16,18,21-23H,4-5,10H2,1-3H3,(H,19,24)/t13?,14-,15?,16?,18-/m1/s1. The lowest BCUT2D eigenvalue weighted by Gasteiger charge is -2.46. The summed E-state index contributed by atoms with van der Waals surface area (Å²) >= 11 is 0. The Morgan fingerprint density at radius 3 is 2.29 bits per heavy atom. The highest BCUT2D eigenvalue weighted by molar-refractivity contribution is 7.89. The van der Waals surface area contributed by atoms with Crippen molar-refractivity contribution in [2.24, 2.45) is 0 Å². The Morgan fingerprint density at radius 2 is 1.75 bits per heavy atom. The predicted molar refractivity (Wildman–Crippen MR) is 101 cm³/mol. The van der Waals surface area contributed by atoms with Crippen molar-refractivity contribution in [3.05, 3.63) is 29.8 Å². The zero-order valence-electron chi connectivity index (χ0n) is 16.1. The summed E-state index contributed by atoms with van der Waals surface area (Å²) in [6, 6.07) is 4.26. The lowest BCUT2D eigenvalue weighted by atomic mass is 9.94. The van der Waals surface area contributed by atoms with Crippen LogP contribution in [0.5, 0.6) is 0 Å². The van der Waals surface area contributed by atoms with E-state index < -0.39 is 46.5 Å². The first-order chi connectivity index (χ1) is 13.2. The van der Waals surface area contributed by atoms with Crippen LogP contribution in [0.2, 0.25) is 0 Å². The van der Waals surface area contributed by atoms with Crippen molar-refractivity contribution in [2.75, 3.05) is 13.7 Å². The summed E-state index contributed by atoms with van der Waals surface area (Å²) in [5.41, 5.74) is 0.838. The summed E-state index contributed by atoms with van der Waals surface area (Å²) in [6.45, 7) is 4.01. The molecule has 0 spiro atoms. The van der Waals surface area contributed by atoms with Crippen LogP contribution in [0.4, 0.5) is 0 Å². The van der Waals surface area contributed by atoms with Gasteiger partial charge in [0.15, 0.2) is 6.23 Å². The number of sulfonamides is 1. The van der Waals surface area contributed by atoms with E-state index in [9.17, 15) is 28.5 Å². The van der Waals surface area contributed by atoms with Gasteiger partial charge in [0.25, 0.3) is 0 Å². The van der Waals surface area contributed by atoms with E-state index in [1.807, 2.05) is 6.92 Å². The van der Waals surface area contributed by atoms with Gasteiger partial charge in [0.1, 0.15) is 24.4 Å². The lowest BCUT2D eigenvalue weighted by Crippen LogP contribution is -2.71. The van der Waals surface area contributed by atoms with Crippen LogP contribution in [0.3, 0.4) is 0 Å². The second kappa shape index (κ2) is 9.29. The Bertz CT molecular complexity index is 769. The summed E-state index contributed by atoms with van der Waals surface area (Å²) in [5.74, 6) is -0.773. The van der Waals surface area contributed by atoms with E-state index in [2.05, 4.69) is 5.32 Å². The van der Waals surface area contributed by atoms with Gasteiger partial charge in [0, 0.05) is 13.7 Å². The van der Waals surface area contributed by atoms with E-state index in [-0.39, 0.29) is 11.4 Å². The van der Waals surface area contributed by atoms with E-state index in [1.165, 1.54) is 12.1 Å². The van der Waals surface area contributed by atoms with Crippen molar-refractivity contribution in [3.63, 3.8) is 0 Å². The Hall–Kier alpha value is -1.56. The quantitative estimate of drug-likeness (QED) is 0.433. The Morgan fingerprint density at radius 1 is 1.14 bits per heavy atom. The number of aliphatic hydroxyl groups is 3. The molecular formula is C18H28N2O7S.